The van der Waals surface area contributed by atoms with Crippen molar-refractivity contribution in [2.45, 2.75) is 11.9 Å². The maximum atomic E-state index is 12.0. The van der Waals surface area contributed by atoms with Gasteiger partial charge in [0.15, 0.2) is 0 Å². The van der Waals surface area contributed by atoms with Gasteiger partial charge in [0.05, 0.1) is 17.8 Å². The summed E-state index contributed by atoms with van der Waals surface area (Å²) in [4.78, 5) is 24.3. The van der Waals surface area contributed by atoms with Crippen LogP contribution in [-0.2, 0) is 14.6 Å². The van der Waals surface area contributed by atoms with Gasteiger partial charge in [0.25, 0.3) is 0 Å². The minimum atomic E-state index is -4.01. The van der Waals surface area contributed by atoms with E-state index in [0.29, 0.717) is 0 Å². The van der Waals surface area contributed by atoms with E-state index in [1.165, 1.54) is 20.1 Å². The first-order valence-electron chi connectivity index (χ1n) is 5.44. The zero-order valence-electron chi connectivity index (χ0n) is 10.8. The Morgan fingerprint density at radius 3 is 2.65 bits per heavy atom. The van der Waals surface area contributed by atoms with Crippen LogP contribution in [0.2, 0.25) is 0 Å². The van der Waals surface area contributed by atoms with Gasteiger partial charge in [-0.25, -0.2) is 8.42 Å². The van der Waals surface area contributed by atoms with Crippen LogP contribution in [0.3, 0.4) is 0 Å². The van der Waals surface area contributed by atoms with Crippen molar-refractivity contribution in [1.82, 2.24) is 10.3 Å². The zero-order chi connectivity index (χ0) is 15.3. The van der Waals surface area contributed by atoms with Gasteiger partial charge in [-0.15, -0.1) is 0 Å². The maximum absolute atomic E-state index is 12.0. The number of nitro groups is 1. The molecule has 1 aromatic heterocycles. The minimum absolute atomic E-state index is 0.0475. The third-order valence-corrected chi connectivity index (χ3v) is 3.89. The number of nitrogens with zero attached hydrogens (tertiary/aromatic N) is 2. The summed E-state index contributed by atoms with van der Waals surface area (Å²) in [6.07, 6.45) is 0. The first-order valence-corrected chi connectivity index (χ1v) is 7.10. The second kappa shape index (κ2) is 6.28. The fourth-order valence-corrected chi connectivity index (χ4v) is 2.61. The third kappa shape index (κ3) is 3.88. The lowest BCUT2D eigenvalue weighted by atomic mass is 10.4. The number of ether oxygens (including phenoxy) is 1. The highest BCUT2D eigenvalue weighted by molar-refractivity contribution is 7.91. The van der Waals surface area contributed by atoms with Crippen LogP contribution in [0.15, 0.2) is 17.2 Å². The number of aromatic nitrogens is 1. The first kappa shape index (κ1) is 15.8. The monoisotopic (exact) mass is 303 g/mol. The van der Waals surface area contributed by atoms with Crippen molar-refractivity contribution >= 4 is 21.4 Å². The van der Waals surface area contributed by atoms with E-state index in [9.17, 15) is 23.3 Å². The number of methoxy groups -OCH3 is 1. The summed E-state index contributed by atoms with van der Waals surface area (Å²) in [6.45, 7) is 1.08. The third-order valence-electron chi connectivity index (χ3n) is 2.26. The Balaban J connectivity index is 3.14. The van der Waals surface area contributed by atoms with Gasteiger partial charge in [0.2, 0.25) is 26.7 Å². The van der Waals surface area contributed by atoms with Gasteiger partial charge in [-0.2, -0.15) is 4.98 Å². The molecule has 1 aromatic rings. The second-order valence-corrected chi connectivity index (χ2v) is 5.76. The Labute approximate surface area is 115 Å². The second-order valence-electron chi connectivity index (χ2n) is 3.74. The molecule has 0 saturated heterocycles. The van der Waals surface area contributed by atoms with E-state index in [4.69, 9.17) is 4.74 Å². The van der Waals surface area contributed by atoms with Gasteiger partial charge in [-0.3, -0.25) is 14.9 Å². The van der Waals surface area contributed by atoms with Gasteiger partial charge in [0.1, 0.15) is 0 Å². The van der Waals surface area contributed by atoms with Crippen LogP contribution < -0.4 is 10.1 Å². The van der Waals surface area contributed by atoms with Crippen molar-refractivity contribution < 1.29 is 22.9 Å². The highest BCUT2D eigenvalue weighted by atomic mass is 32.2. The molecule has 9 nitrogen and oxygen atoms in total. The van der Waals surface area contributed by atoms with E-state index in [1.807, 2.05) is 0 Å². The van der Waals surface area contributed by atoms with Gasteiger partial charge >= 0.3 is 5.69 Å². The van der Waals surface area contributed by atoms with E-state index in [-0.39, 0.29) is 12.4 Å². The smallest absolute Gasteiger partial charge is 0.306 e. The summed E-state index contributed by atoms with van der Waals surface area (Å²) >= 11 is 0. The van der Waals surface area contributed by atoms with Crippen molar-refractivity contribution in [1.29, 1.82) is 0 Å². The number of carbonyl (C=O) groups is 1. The Bertz CT molecular complexity index is 628. The predicted octanol–water partition coefficient (Wildman–Crippen LogP) is -0.0918. The number of rotatable bonds is 6. The molecule has 0 radical (unpaired) electrons. The first-order chi connectivity index (χ1) is 9.27. The molecule has 0 unspecified atom stereocenters. The van der Waals surface area contributed by atoms with Crippen LogP contribution in [0.5, 0.6) is 5.88 Å². The number of hydrogen-bond acceptors (Lipinski definition) is 7. The number of nitrogens with one attached hydrogen (secondary N) is 1. The summed E-state index contributed by atoms with van der Waals surface area (Å²) in [7, 11) is -2.75. The fraction of sp³-hybridized carbons (Fsp3) is 0.400. The molecule has 10 heteroatoms. The molecule has 1 N–H and O–H groups in total. The SMILES string of the molecule is COc1ccc([N+](=O)[O-])c(S(=O)(=O)CCNC(C)=O)n1. The van der Waals surface area contributed by atoms with Gasteiger partial charge < -0.3 is 10.1 Å². The van der Waals surface area contributed by atoms with Crippen LogP contribution in [0, 0.1) is 10.1 Å². The lowest BCUT2D eigenvalue weighted by molar-refractivity contribution is -0.388. The molecule has 1 amide bonds. The average molecular weight is 303 g/mol. The molecule has 0 aliphatic heterocycles. The average Bonchev–Trinajstić information content (AvgIpc) is 2.37. The summed E-state index contributed by atoms with van der Waals surface area (Å²) in [6, 6.07) is 2.21. The Morgan fingerprint density at radius 1 is 1.50 bits per heavy atom. The minimum Gasteiger partial charge on any atom is -0.481 e. The molecule has 0 spiro atoms. The molecular weight excluding hydrogens is 290 g/mol. The Kier molecular flexibility index (Phi) is 4.97. The van der Waals surface area contributed by atoms with Crippen molar-refractivity contribution in [3.05, 3.63) is 22.2 Å². The van der Waals surface area contributed by atoms with E-state index >= 15 is 0 Å². The normalized spacial score (nSPS) is 10.9. The molecular formula is C10H13N3O6S. The maximum Gasteiger partial charge on any atom is 0.306 e. The summed E-state index contributed by atoms with van der Waals surface area (Å²) < 4.78 is 28.8. The van der Waals surface area contributed by atoms with Crippen molar-refractivity contribution in [3.8, 4) is 5.88 Å². The molecule has 0 aromatic carbocycles. The molecule has 1 rings (SSSR count). The van der Waals surface area contributed by atoms with Gasteiger partial charge in [-0.1, -0.05) is 0 Å². The van der Waals surface area contributed by atoms with Crippen LogP contribution in [0.1, 0.15) is 6.92 Å². The van der Waals surface area contributed by atoms with Gasteiger partial charge in [-0.05, 0) is 0 Å². The fourth-order valence-electron chi connectivity index (χ4n) is 1.36. The van der Waals surface area contributed by atoms with E-state index in [0.717, 1.165) is 6.07 Å². The lowest BCUT2D eigenvalue weighted by Gasteiger charge is -2.06. The molecule has 0 fully saturated rings. The number of carbonyl (C=O) groups excluding carboxylic acids is 1. The van der Waals surface area contributed by atoms with Crippen molar-refractivity contribution in [2.24, 2.45) is 0 Å². The molecule has 110 valence electrons. The van der Waals surface area contributed by atoms with Crippen LogP contribution >= 0.6 is 0 Å². The molecule has 0 aliphatic rings. The summed E-state index contributed by atoms with van der Waals surface area (Å²) in [5, 5.41) is 12.5. The Morgan fingerprint density at radius 2 is 2.15 bits per heavy atom. The van der Waals surface area contributed by atoms with Crippen LogP contribution in [0.25, 0.3) is 0 Å². The lowest BCUT2D eigenvalue weighted by Crippen LogP contribution is -2.27. The summed E-state index contributed by atoms with van der Waals surface area (Å²) in [5.74, 6) is -0.935. The number of pyridine rings is 1. The predicted molar refractivity (Wildman–Crippen MR) is 68.2 cm³/mol. The molecule has 1 heterocycles. The van der Waals surface area contributed by atoms with Crippen molar-refractivity contribution in [3.63, 3.8) is 0 Å². The largest absolute Gasteiger partial charge is 0.481 e. The standard InChI is InChI=1S/C10H13N3O6S/c1-7(14)11-5-6-20(17,18)10-8(13(15)16)3-4-9(12-10)19-2/h3-4H,5-6H2,1-2H3,(H,11,14). The quantitative estimate of drug-likeness (QED) is 0.574. The molecule has 0 atom stereocenters. The molecule has 0 saturated carbocycles. The highest BCUT2D eigenvalue weighted by Crippen LogP contribution is 2.25. The van der Waals surface area contributed by atoms with E-state index < -0.39 is 37.1 Å². The Hall–Kier alpha value is -2.23. The zero-order valence-corrected chi connectivity index (χ0v) is 11.6. The summed E-state index contributed by atoms with van der Waals surface area (Å²) in [5.41, 5.74) is -0.631. The topological polar surface area (TPSA) is 128 Å². The number of amides is 1. The van der Waals surface area contributed by atoms with Crippen molar-refractivity contribution in [2.75, 3.05) is 19.4 Å². The van der Waals surface area contributed by atoms with E-state index in [2.05, 4.69) is 10.3 Å². The molecule has 0 bridgehead atoms. The van der Waals surface area contributed by atoms with Crippen LogP contribution in [-0.4, -0.2) is 43.6 Å². The molecule has 20 heavy (non-hydrogen) atoms. The van der Waals surface area contributed by atoms with E-state index in [1.54, 1.807) is 0 Å². The number of sulfone groups is 1. The molecule has 0 aliphatic carbocycles. The van der Waals surface area contributed by atoms with Crippen LogP contribution in [0.4, 0.5) is 5.69 Å². The highest BCUT2D eigenvalue weighted by Gasteiger charge is 2.28. The van der Waals surface area contributed by atoms with Gasteiger partial charge in [0, 0.05) is 25.6 Å². The number of hydrogen-bond donors (Lipinski definition) is 1.